The van der Waals surface area contributed by atoms with E-state index < -0.39 is 22.0 Å². The molecule has 1 heterocycles. The Morgan fingerprint density at radius 1 is 1.15 bits per heavy atom. The Hall–Kier alpha value is -3.95. The van der Waals surface area contributed by atoms with Gasteiger partial charge >= 0.3 is 0 Å². The minimum absolute atomic E-state index is 0.0201. The van der Waals surface area contributed by atoms with Crippen molar-refractivity contribution in [1.82, 2.24) is 0 Å². The molecule has 0 aliphatic heterocycles. The fourth-order valence-corrected chi connectivity index (χ4v) is 5.80. The van der Waals surface area contributed by atoms with Gasteiger partial charge < -0.3 is 14.9 Å². The van der Waals surface area contributed by atoms with Gasteiger partial charge in [0, 0.05) is 17.9 Å². The Balaban J connectivity index is 1.54. The van der Waals surface area contributed by atoms with Gasteiger partial charge in [0.2, 0.25) is 10.0 Å². The highest BCUT2D eigenvalue weighted by Crippen LogP contribution is 2.47. The van der Waals surface area contributed by atoms with Crippen molar-refractivity contribution in [3.05, 3.63) is 113 Å². The second-order valence-electron chi connectivity index (χ2n) is 10.1. The largest absolute Gasteiger partial charge is 0.460 e. The van der Waals surface area contributed by atoms with Crippen LogP contribution in [0.15, 0.2) is 83.8 Å². The van der Waals surface area contributed by atoms with Crippen molar-refractivity contribution in [2.75, 3.05) is 17.1 Å². The molecule has 9 heteroatoms. The molecule has 7 nitrogen and oxygen atoms in total. The highest BCUT2D eigenvalue weighted by atomic mass is 32.2. The molecule has 1 amide bonds. The highest BCUT2D eigenvalue weighted by Gasteiger charge is 2.33. The van der Waals surface area contributed by atoms with Crippen LogP contribution in [-0.4, -0.2) is 33.2 Å². The minimum Gasteiger partial charge on any atom is -0.460 e. The number of halogens is 1. The van der Waals surface area contributed by atoms with Gasteiger partial charge in [-0.05, 0) is 53.6 Å². The molecule has 1 unspecified atom stereocenters. The van der Waals surface area contributed by atoms with E-state index in [1.54, 1.807) is 24.3 Å². The summed E-state index contributed by atoms with van der Waals surface area (Å²) < 4.78 is 53.2. The van der Waals surface area contributed by atoms with Crippen LogP contribution in [0.5, 0.6) is 0 Å². The third kappa shape index (κ3) is 6.11. The van der Waals surface area contributed by atoms with Crippen molar-refractivity contribution >= 4 is 32.6 Å². The molecule has 2 N–H and O–H groups in total. The molecule has 1 aromatic heterocycles. The lowest BCUT2D eigenvalue weighted by molar-refractivity contribution is 0.0783. The molecule has 1 atom stereocenters. The number of carbonyl (C=O) groups is 1. The van der Waals surface area contributed by atoms with Crippen LogP contribution in [-0.2, 0) is 27.8 Å². The number of sulfonamides is 1. The van der Waals surface area contributed by atoms with Crippen LogP contribution in [0.4, 0.5) is 10.1 Å². The average molecular weight is 563 g/mol. The van der Waals surface area contributed by atoms with Crippen LogP contribution in [0.3, 0.4) is 0 Å². The normalized spacial score (nSPS) is 14.2. The fourth-order valence-electron chi connectivity index (χ4n) is 4.87. The van der Waals surface area contributed by atoms with E-state index in [4.69, 9.17) is 14.9 Å². The van der Waals surface area contributed by atoms with E-state index in [2.05, 4.69) is 6.58 Å². The predicted octanol–water partition coefficient (Wildman–Crippen LogP) is 5.68. The average Bonchev–Trinajstić information content (AvgIpc) is 3.70. The van der Waals surface area contributed by atoms with Crippen molar-refractivity contribution in [2.24, 2.45) is 5.73 Å². The van der Waals surface area contributed by atoms with Gasteiger partial charge in [0.15, 0.2) is 0 Å². The molecule has 1 aliphatic carbocycles. The number of amides is 1. The van der Waals surface area contributed by atoms with Crippen molar-refractivity contribution in [3.8, 4) is 0 Å². The summed E-state index contributed by atoms with van der Waals surface area (Å²) in [5.74, 6) is -0.527. The van der Waals surface area contributed by atoms with Crippen LogP contribution in [0.25, 0.3) is 11.0 Å². The number of fused-ring (bicyclic) bond motifs is 1. The first kappa shape index (κ1) is 27.6. The van der Waals surface area contributed by atoms with Crippen molar-refractivity contribution in [2.45, 2.75) is 37.9 Å². The Morgan fingerprint density at radius 2 is 1.85 bits per heavy atom. The first-order valence-electron chi connectivity index (χ1n) is 13.0. The maximum absolute atomic E-state index is 13.4. The lowest BCUT2D eigenvalue weighted by Gasteiger charge is -2.28. The van der Waals surface area contributed by atoms with Gasteiger partial charge in [-0.25, -0.2) is 12.8 Å². The molecule has 1 aliphatic rings. The lowest BCUT2D eigenvalue weighted by Crippen LogP contribution is -2.37. The number of furan rings is 1. The summed E-state index contributed by atoms with van der Waals surface area (Å²) in [6.07, 6.45) is 4.19. The minimum atomic E-state index is -3.74. The quantitative estimate of drug-likeness (QED) is 0.224. The van der Waals surface area contributed by atoms with Gasteiger partial charge in [-0.15, -0.1) is 6.58 Å². The number of carbonyl (C=O) groups excluding carboxylic acids is 1. The summed E-state index contributed by atoms with van der Waals surface area (Å²) in [5, 5.41) is 0.532. The van der Waals surface area contributed by atoms with E-state index >= 15 is 0 Å². The van der Waals surface area contributed by atoms with Crippen LogP contribution in [0.1, 0.15) is 51.6 Å². The number of primary amides is 1. The standard InChI is InChI=1S/C31H31FN2O5S/c1-3-24(38-19-21-7-5-4-6-8-21)18-34(40(2,36)37)27-17-28-26(16-25(27)22-11-12-22)30(31(33)35)29(39-28)15-20-9-13-23(32)14-10-20/h3-10,13-14,16-17,22,24H,1,11-12,15,18-19H2,2H3,(H2,33,35). The van der Waals surface area contributed by atoms with E-state index in [1.165, 1.54) is 16.4 Å². The summed E-state index contributed by atoms with van der Waals surface area (Å²) in [6.45, 7) is 4.18. The zero-order valence-electron chi connectivity index (χ0n) is 22.2. The number of benzene rings is 3. The Bertz CT molecular complexity index is 1640. The Morgan fingerprint density at radius 3 is 2.45 bits per heavy atom. The number of hydrogen-bond donors (Lipinski definition) is 1. The SMILES string of the molecule is C=CC(CN(c1cc2oc(Cc3ccc(F)cc3)c(C(N)=O)c2cc1C1CC1)S(C)(=O)=O)OCc1ccccc1. The van der Waals surface area contributed by atoms with Gasteiger partial charge in [-0.1, -0.05) is 48.5 Å². The molecule has 1 saturated carbocycles. The van der Waals surface area contributed by atoms with E-state index in [1.807, 2.05) is 36.4 Å². The molecule has 3 aromatic carbocycles. The number of nitrogens with two attached hydrogens (primary N) is 1. The predicted molar refractivity (Wildman–Crippen MR) is 153 cm³/mol. The zero-order chi connectivity index (χ0) is 28.4. The molecule has 0 spiro atoms. The zero-order valence-corrected chi connectivity index (χ0v) is 23.0. The Labute approximate surface area is 233 Å². The summed E-state index contributed by atoms with van der Waals surface area (Å²) in [5.41, 5.74) is 9.36. The second-order valence-corrected chi connectivity index (χ2v) is 12.0. The van der Waals surface area contributed by atoms with E-state index in [0.29, 0.717) is 29.0 Å². The van der Waals surface area contributed by atoms with Gasteiger partial charge in [-0.3, -0.25) is 9.10 Å². The summed E-state index contributed by atoms with van der Waals surface area (Å²) in [7, 11) is -3.74. The summed E-state index contributed by atoms with van der Waals surface area (Å²) in [4.78, 5) is 12.6. The third-order valence-electron chi connectivity index (χ3n) is 7.04. The van der Waals surface area contributed by atoms with E-state index in [-0.39, 0.29) is 30.3 Å². The maximum Gasteiger partial charge on any atom is 0.252 e. The number of ether oxygens (including phenoxy) is 1. The van der Waals surface area contributed by atoms with E-state index in [9.17, 15) is 17.6 Å². The van der Waals surface area contributed by atoms with E-state index in [0.717, 1.165) is 35.8 Å². The topological polar surface area (TPSA) is 103 Å². The maximum atomic E-state index is 13.4. The number of anilines is 1. The summed E-state index contributed by atoms with van der Waals surface area (Å²) in [6, 6.07) is 19.0. The second kappa shape index (κ2) is 11.3. The number of hydrogen-bond acceptors (Lipinski definition) is 5. The van der Waals surface area contributed by atoms with Crippen LogP contribution >= 0.6 is 0 Å². The molecule has 5 rings (SSSR count). The molecule has 4 aromatic rings. The third-order valence-corrected chi connectivity index (χ3v) is 8.18. The van der Waals surface area contributed by atoms with Gasteiger partial charge in [0.05, 0.1) is 36.8 Å². The number of nitrogens with zero attached hydrogens (tertiary/aromatic N) is 1. The van der Waals surface area contributed by atoms with Gasteiger partial charge in [0.1, 0.15) is 17.2 Å². The first-order valence-corrected chi connectivity index (χ1v) is 14.9. The van der Waals surface area contributed by atoms with Gasteiger partial charge in [-0.2, -0.15) is 0 Å². The van der Waals surface area contributed by atoms with Crippen LogP contribution < -0.4 is 10.0 Å². The first-order chi connectivity index (χ1) is 19.1. The molecular weight excluding hydrogens is 531 g/mol. The van der Waals surface area contributed by atoms with Crippen LogP contribution in [0.2, 0.25) is 0 Å². The van der Waals surface area contributed by atoms with Crippen molar-refractivity contribution in [1.29, 1.82) is 0 Å². The molecule has 1 fully saturated rings. The number of rotatable bonds is 12. The van der Waals surface area contributed by atoms with Crippen molar-refractivity contribution < 1.29 is 26.8 Å². The fraction of sp³-hybridized carbons (Fsp3) is 0.258. The molecule has 0 radical (unpaired) electrons. The molecule has 40 heavy (non-hydrogen) atoms. The Kier molecular flexibility index (Phi) is 7.78. The molecule has 0 bridgehead atoms. The van der Waals surface area contributed by atoms with Gasteiger partial charge in [0.25, 0.3) is 5.91 Å². The lowest BCUT2D eigenvalue weighted by atomic mass is 10.0. The van der Waals surface area contributed by atoms with Crippen molar-refractivity contribution in [3.63, 3.8) is 0 Å². The molecule has 208 valence electrons. The molecule has 0 saturated heterocycles. The van der Waals surface area contributed by atoms with Crippen LogP contribution in [0, 0.1) is 5.82 Å². The molecular formula is C31H31FN2O5S. The monoisotopic (exact) mass is 562 g/mol. The highest BCUT2D eigenvalue weighted by molar-refractivity contribution is 7.92. The summed E-state index contributed by atoms with van der Waals surface area (Å²) >= 11 is 0. The smallest absolute Gasteiger partial charge is 0.252 e.